The van der Waals surface area contributed by atoms with Gasteiger partial charge >= 0.3 is 6.03 Å². The van der Waals surface area contributed by atoms with Crippen molar-refractivity contribution in [2.45, 2.75) is 33.2 Å². The van der Waals surface area contributed by atoms with Crippen molar-refractivity contribution in [2.75, 3.05) is 19.0 Å². The van der Waals surface area contributed by atoms with Crippen LogP contribution in [-0.2, 0) is 6.54 Å². The van der Waals surface area contributed by atoms with Crippen molar-refractivity contribution in [3.05, 3.63) is 60.1 Å². The molecule has 2 atom stereocenters. The number of carbonyl (C=O) groups excluding carboxylic acids is 1. The second-order valence-electron chi connectivity index (χ2n) is 8.42. The van der Waals surface area contributed by atoms with Gasteiger partial charge in [-0.2, -0.15) is 0 Å². The van der Waals surface area contributed by atoms with Gasteiger partial charge in [-0.25, -0.2) is 4.79 Å². The zero-order chi connectivity index (χ0) is 19.7. The molecule has 1 fully saturated rings. The summed E-state index contributed by atoms with van der Waals surface area (Å²) < 4.78 is 10.7. The normalized spacial score (nSPS) is 22.0. The monoisotopic (exact) mass is 380 g/mol. The van der Waals surface area contributed by atoms with Crippen molar-refractivity contribution in [3.8, 4) is 5.75 Å². The van der Waals surface area contributed by atoms with Crippen molar-refractivity contribution in [1.29, 1.82) is 0 Å². The Labute approximate surface area is 166 Å². The summed E-state index contributed by atoms with van der Waals surface area (Å²) in [5, 5.41) is 3.01. The molecule has 0 aliphatic heterocycles. The number of methoxy groups -OCH3 is 1. The van der Waals surface area contributed by atoms with Crippen LogP contribution in [0.5, 0.6) is 5.75 Å². The van der Waals surface area contributed by atoms with Crippen LogP contribution in [0, 0.1) is 17.3 Å². The van der Waals surface area contributed by atoms with Crippen LogP contribution in [0.3, 0.4) is 0 Å². The van der Waals surface area contributed by atoms with Crippen molar-refractivity contribution >= 4 is 11.7 Å². The van der Waals surface area contributed by atoms with E-state index in [9.17, 15) is 4.79 Å². The number of anilines is 1. The van der Waals surface area contributed by atoms with E-state index in [1.165, 1.54) is 12.0 Å². The summed E-state index contributed by atoms with van der Waals surface area (Å²) in [6.45, 7) is 5.78. The maximum Gasteiger partial charge on any atom is 0.322 e. The minimum Gasteiger partial charge on any atom is -0.497 e. The lowest BCUT2D eigenvalue weighted by atomic mass is 9.49. The van der Waals surface area contributed by atoms with Crippen molar-refractivity contribution in [3.63, 3.8) is 0 Å². The third-order valence-electron chi connectivity index (χ3n) is 6.51. The number of carbonyl (C=O) groups is 1. The van der Waals surface area contributed by atoms with Crippen molar-refractivity contribution < 1.29 is 13.9 Å². The molecular formula is C23H28N2O3. The number of ether oxygens (including phenoxy) is 1. The van der Waals surface area contributed by atoms with Crippen LogP contribution in [-0.4, -0.2) is 24.6 Å². The second kappa shape index (κ2) is 7.38. The minimum atomic E-state index is -0.123. The Morgan fingerprint density at radius 3 is 2.64 bits per heavy atom. The number of rotatable bonds is 6. The van der Waals surface area contributed by atoms with Crippen molar-refractivity contribution in [1.82, 2.24) is 4.90 Å². The standard InChI is InChI=1S/C23H28N2O3/c1-23(2)17-7-6-16(21(23)13-17)14-25(15-20-5-4-12-28-20)22(26)24-18-8-10-19(27-3)11-9-18/h4-6,8-12,17,21H,7,13-15H2,1-3H3,(H,24,26). The first-order valence-electron chi connectivity index (χ1n) is 9.88. The van der Waals surface area contributed by atoms with Crippen LogP contribution in [0.1, 0.15) is 32.4 Å². The average Bonchev–Trinajstić information content (AvgIpc) is 3.21. The van der Waals surface area contributed by atoms with Gasteiger partial charge in [0.15, 0.2) is 0 Å². The van der Waals surface area contributed by atoms with Gasteiger partial charge in [-0.3, -0.25) is 0 Å². The molecule has 0 saturated heterocycles. The van der Waals surface area contributed by atoms with E-state index in [2.05, 4.69) is 25.2 Å². The Morgan fingerprint density at radius 2 is 2.04 bits per heavy atom. The van der Waals surface area contributed by atoms with Crippen LogP contribution in [0.4, 0.5) is 10.5 Å². The molecule has 5 rings (SSSR count). The van der Waals surface area contributed by atoms with E-state index in [1.54, 1.807) is 13.4 Å². The van der Waals surface area contributed by atoms with Crippen LogP contribution in [0.15, 0.2) is 58.7 Å². The maximum atomic E-state index is 13.1. The molecular weight excluding hydrogens is 352 g/mol. The fraction of sp³-hybridized carbons (Fsp3) is 0.435. The smallest absolute Gasteiger partial charge is 0.322 e. The molecule has 148 valence electrons. The van der Waals surface area contributed by atoms with Gasteiger partial charge in [0, 0.05) is 12.2 Å². The van der Waals surface area contributed by atoms with Crippen LogP contribution in [0.2, 0.25) is 0 Å². The predicted octanol–water partition coefficient (Wildman–Crippen LogP) is 5.31. The first-order chi connectivity index (χ1) is 13.5. The fourth-order valence-electron chi connectivity index (χ4n) is 4.54. The SMILES string of the molecule is COc1ccc(NC(=O)N(CC2=CCC3CC2C3(C)C)Cc2ccco2)cc1. The fourth-order valence-corrected chi connectivity index (χ4v) is 4.54. The Bertz CT molecular complexity index is 852. The highest BCUT2D eigenvalue weighted by Crippen LogP contribution is 2.59. The highest BCUT2D eigenvalue weighted by atomic mass is 16.5. The summed E-state index contributed by atoms with van der Waals surface area (Å²) in [7, 11) is 1.63. The summed E-state index contributed by atoms with van der Waals surface area (Å²) in [5.41, 5.74) is 2.47. The topological polar surface area (TPSA) is 54.7 Å². The molecule has 1 aromatic carbocycles. The number of hydrogen-bond acceptors (Lipinski definition) is 3. The molecule has 0 spiro atoms. The molecule has 5 heteroatoms. The maximum absolute atomic E-state index is 13.1. The summed E-state index contributed by atoms with van der Waals surface area (Å²) in [6, 6.07) is 11.0. The summed E-state index contributed by atoms with van der Waals surface area (Å²) in [6.07, 6.45) is 6.36. The molecule has 3 aliphatic carbocycles. The molecule has 1 heterocycles. The molecule has 1 N–H and O–H groups in total. The molecule has 1 saturated carbocycles. The minimum absolute atomic E-state index is 0.123. The molecule has 2 amide bonds. The highest BCUT2D eigenvalue weighted by Gasteiger charge is 2.51. The largest absolute Gasteiger partial charge is 0.497 e. The summed E-state index contributed by atoms with van der Waals surface area (Å²) >= 11 is 0. The number of benzene rings is 1. The number of nitrogens with zero attached hydrogens (tertiary/aromatic N) is 1. The molecule has 28 heavy (non-hydrogen) atoms. The van der Waals surface area contributed by atoms with Gasteiger partial charge < -0.3 is 19.4 Å². The second-order valence-corrected chi connectivity index (χ2v) is 8.42. The van der Waals surface area contributed by atoms with E-state index < -0.39 is 0 Å². The van der Waals surface area contributed by atoms with Gasteiger partial charge in [0.2, 0.25) is 0 Å². The van der Waals surface area contributed by atoms with Crippen LogP contribution >= 0.6 is 0 Å². The van der Waals surface area contributed by atoms with E-state index >= 15 is 0 Å². The van der Waals surface area contributed by atoms with Crippen LogP contribution in [0.25, 0.3) is 0 Å². The van der Waals surface area contributed by atoms with E-state index in [-0.39, 0.29) is 6.03 Å². The van der Waals surface area contributed by atoms with Gasteiger partial charge in [0.25, 0.3) is 0 Å². The molecule has 1 aromatic heterocycles. The molecule has 5 nitrogen and oxygen atoms in total. The Morgan fingerprint density at radius 1 is 1.25 bits per heavy atom. The van der Waals surface area contributed by atoms with Gasteiger partial charge in [0.05, 0.1) is 19.9 Å². The third kappa shape index (κ3) is 3.53. The lowest BCUT2D eigenvalue weighted by Gasteiger charge is -2.57. The molecule has 2 aromatic rings. The van der Waals surface area contributed by atoms with E-state index in [0.29, 0.717) is 24.4 Å². The zero-order valence-electron chi connectivity index (χ0n) is 16.8. The average molecular weight is 380 g/mol. The molecule has 2 unspecified atom stereocenters. The van der Waals surface area contributed by atoms with Crippen LogP contribution < -0.4 is 10.1 Å². The molecule has 0 radical (unpaired) electrons. The Balaban J connectivity index is 1.49. The summed E-state index contributed by atoms with van der Waals surface area (Å²) in [5.74, 6) is 2.90. The molecule has 3 aliphatic rings. The first-order valence-corrected chi connectivity index (χ1v) is 9.88. The lowest BCUT2D eigenvalue weighted by Crippen LogP contribution is -2.50. The van der Waals surface area contributed by atoms with Gasteiger partial charge in [-0.05, 0) is 66.5 Å². The number of hydrogen-bond donors (Lipinski definition) is 1. The summed E-state index contributed by atoms with van der Waals surface area (Å²) in [4.78, 5) is 14.9. The van der Waals surface area contributed by atoms with E-state index in [0.717, 1.165) is 29.5 Å². The van der Waals surface area contributed by atoms with Gasteiger partial charge in [0.1, 0.15) is 11.5 Å². The Hall–Kier alpha value is -2.69. The Kier molecular flexibility index (Phi) is 4.92. The number of fused-ring (bicyclic) bond motifs is 1. The van der Waals surface area contributed by atoms with Crippen molar-refractivity contribution in [2.24, 2.45) is 17.3 Å². The first kappa shape index (κ1) is 18.7. The zero-order valence-corrected chi connectivity index (χ0v) is 16.8. The number of allylic oxidation sites excluding steroid dienone is 1. The van der Waals surface area contributed by atoms with E-state index in [4.69, 9.17) is 9.15 Å². The third-order valence-corrected chi connectivity index (χ3v) is 6.51. The van der Waals surface area contributed by atoms with E-state index in [1.807, 2.05) is 41.3 Å². The lowest BCUT2D eigenvalue weighted by molar-refractivity contribution is -0.00975. The number of furan rings is 1. The molecule has 2 bridgehead atoms. The van der Waals surface area contributed by atoms with Gasteiger partial charge in [-0.1, -0.05) is 25.5 Å². The number of nitrogens with one attached hydrogen (secondary N) is 1. The quantitative estimate of drug-likeness (QED) is 0.691. The number of amides is 2. The predicted molar refractivity (Wildman–Crippen MR) is 109 cm³/mol. The van der Waals surface area contributed by atoms with Gasteiger partial charge in [-0.15, -0.1) is 0 Å². The number of urea groups is 1. The highest BCUT2D eigenvalue weighted by molar-refractivity contribution is 5.89.